The molecule has 4 nitrogen and oxygen atoms in total. The van der Waals surface area contributed by atoms with Gasteiger partial charge in [-0.15, -0.1) is 0 Å². The Morgan fingerprint density at radius 1 is 1.64 bits per heavy atom. The largest absolute Gasteiger partial charge is 0.501 e. The van der Waals surface area contributed by atoms with Gasteiger partial charge in [-0.25, -0.2) is 4.98 Å². The van der Waals surface area contributed by atoms with Crippen molar-refractivity contribution in [2.75, 3.05) is 6.61 Å². The second-order valence-corrected chi connectivity index (χ2v) is 3.37. The Hall–Kier alpha value is -1.58. The van der Waals surface area contributed by atoms with E-state index < -0.39 is 0 Å². The van der Waals surface area contributed by atoms with Crippen molar-refractivity contribution in [2.45, 2.75) is 12.8 Å². The summed E-state index contributed by atoms with van der Waals surface area (Å²) in [7, 11) is 1.84. The summed E-state index contributed by atoms with van der Waals surface area (Å²) in [5.41, 5.74) is 1.21. The van der Waals surface area contributed by atoms with Crippen molar-refractivity contribution in [1.29, 1.82) is 0 Å². The van der Waals surface area contributed by atoms with E-state index in [1.807, 2.05) is 7.05 Å². The van der Waals surface area contributed by atoms with Crippen LogP contribution >= 0.6 is 0 Å². The van der Waals surface area contributed by atoms with Gasteiger partial charge in [-0.2, -0.15) is 0 Å². The second kappa shape index (κ2) is 3.65. The minimum absolute atomic E-state index is 0.0229. The average molecular weight is 192 g/mol. The fraction of sp³-hybridized carbons (Fsp3) is 0.400. The van der Waals surface area contributed by atoms with E-state index in [1.165, 1.54) is 0 Å². The van der Waals surface area contributed by atoms with Gasteiger partial charge in [0.25, 0.3) is 0 Å². The monoisotopic (exact) mass is 192 g/mol. The highest BCUT2D eigenvalue weighted by molar-refractivity contribution is 6.07. The van der Waals surface area contributed by atoms with Crippen molar-refractivity contribution in [3.05, 3.63) is 30.1 Å². The molecule has 0 aliphatic carbocycles. The van der Waals surface area contributed by atoms with Gasteiger partial charge in [0.1, 0.15) is 5.69 Å². The van der Waals surface area contributed by atoms with Crippen molar-refractivity contribution >= 4 is 5.78 Å². The average Bonchev–Trinajstić information content (AvgIpc) is 2.65. The summed E-state index contributed by atoms with van der Waals surface area (Å²) < 4.78 is 6.88. The summed E-state index contributed by atoms with van der Waals surface area (Å²) in [5.74, 6) is -0.0229. The van der Waals surface area contributed by atoms with Crippen LogP contribution in [-0.2, 0) is 11.8 Å². The van der Waals surface area contributed by atoms with Gasteiger partial charge in [0.05, 0.1) is 19.2 Å². The van der Waals surface area contributed by atoms with E-state index in [-0.39, 0.29) is 5.78 Å². The van der Waals surface area contributed by atoms with E-state index in [4.69, 9.17) is 4.74 Å². The Balaban J connectivity index is 2.19. The van der Waals surface area contributed by atoms with Crippen LogP contribution in [0.4, 0.5) is 0 Å². The van der Waals surface area contributed by atoms with Crippen LogP contribution in [0.1, 0.15) is 23.3 Å². The number of ether oxygens (including phenoxy) is 1. The number of aryl methyl sites for hydroxylation is 1. The molecule has 0 saturated heterocycles. The predicted octanol–water partition coefficient (Wildman–Crippen LogP) is 1.30. The molecule has 1 aromatic heterocycles. The lowest BCUT2D eigenvalue weighted by atomic mass is 10.0. The first-order valence-corrected chi connectivity index (χ1v) is 4.60. The van der Waals surface area contributed by atoms with E-state index in [2.05, 4.69) is 4.98 Å². The molecule has 1 aromatic rings. The quantitative estimate of drug-likeness (QED) is 0.663. The molecule has 2 rings (SSSR count). The molecule has 1 aliphatic heterocycles. The zero-order chi connectivity index (χ0) is 9.97. The molecule has 0 unspecified atom stereocenters. The summed E-state index contributed by atoms with van der Waals surface area (Å²) in [6.45, 7) is 0.707. The minimum Gasteiger partial charge on any atom is -0.501 e. The molecule has 1 aliphatic rings. The fourth-order valence-electron chi connectivity index (χ4n) is 1.43. The van der Waals surface area contributed by atoms with Crippen LogP contribution in [0, 0.1) is 0 Å². The van der Waals surface area contributed by atoms with Crippen molar-refractivity contribution in [2.24, 2.45) is 7.05 Å². The van der Waals surface area contributed by atoms with Crippen LogP contribution in [0.3, 0.4) is 0 Å². The number of imidazole rings is 1. The number of hydrogen-bond acceptors (Lipinski definition) is 3. The third-order valence-electron chi connectivity index (χ3n) is 2.16. The lowest BCUT2D eigenvalue weighted by molar-refractivity contribution is 0.101. The SMILES string of the molecule is Cn1cnc(C(=O)C2=COCCC2)c1. The van der Waals surface area contributed by atoms with Gasteiger partial charge in [-0.3, -0.25) is 4.79 Å². The summed E-state index contributed by atoms with van der Waals surface area (Å²) >= 11 is 0. The maximum Gasteiger partial charge on any atom is 0.211 e. The van der Waals surface area contributed by atoms with E-state index in [0.29, 0.717) is 12.3 Å². The molecule has 0 atom stereocenters. The minimum atomic E-state index is -0.0229. The molecule has 0 amide bonds. The van der Waals surface area contributed by atoms with Gasteiger partial charge in [0, 0.05) is 18.8 Å². The van der Waals surface area contributed by atoms with Gasteiger partial charge in [0.2, 0.25) is 5.78 Å². The van der Waals surface area contributed by atoms with Crippen molar-refractivity contribution < 1.29 is 9.53 Å². The lowest BCUT2D eigenvalue weighted by Gasteiger charge is -2.11. The topological polar surface area (TPSA) is 44.1 Å². The van der Waals surface area contributed by atoms with E-state index in [9.17, 15) is 4.79 Å². The highest BCUT2D eigenvalue weighted by Crippen LogP contribution is 2.16. The molecule has 0 spiro atoms. The molecule has 0 N–H and O–H groups in total. The molecule has 0 aromatic carbocycles. The summed E-state index contributed by atoms with van der Waals surface area (Å²) in [6, 6.07) is 0. The number of carbonyl (C=O) groups is 1. The first kappa shape index (κ1) is 8.99. The first-order valence-electron chi connectivity index (χ1n) is 4.60. The molecule has 0 radical (unpaired) electrons. The van der Waals surface area contributed by atoms with Crippen LogP contribution < -0.4 is 0 Å². The highest BCUT2D eigenvalue weighted by atomic mass is 16.5. The second-order valence-electron chi connectivity index (χ2n) is 3.37. The molecule has 4 heteroatoms. The lowest BCUT2D eigenvalue weighted by Crippen LogP contribution is -2.09. The van der Waals surface area contributed by atoms with E-state index in [0.717, 1.165) is 18.4 Å². The van der Waals surface area contributed by atoms with Crippen LogP contribution in [-0.4, -0.2) is 21.9 Å². The van der Waals surface area contributed by atoms with Gasteiger partial charge in [-0.1, -0.05) is 0 Å². The Kier molecular flexibility index (Phi) is 2.35. The van der Waals surface area contributed by atoms with Crippen LogP contribution in [0.25, 0.3) is 0 Å². The molecule has 14 heavy (non-hydrogen) atoms. The Morgan fingerprint density at radius 3 is 3.07 bits per heavy atom. The Labute approximate surface area is 82.2 Å². The van der Waals surface area contributed by atoms with Crippen molar-refractivity contribution in [3.8, 4) is 0 Å². The molecule has 74 valence electrons. The third kappa shape index (κ3) is 1.69. The molecule has 0 bridgehead atoms. The number of carbonyl (C=O) groups excluding carboxylic acids is 1. The number of ketones is 1. The van der Waals surface area contributed by atoms with Gasteiger partial charge in [0.15, 0.2) is 0 Å². The number of nitrogens with zero attached hydrogens (tertiary/aromatic N) is 2. The van der Waals surface area contributed by atoms with Crippen molar-refractivity contribution in [3.63, 3.8) is 0 Å². The number of hydrogen-bond donors (Lipinski definition) is 0. The fourth-order valence-corrected chi connectivity index (χ4v) is 1.43. The maximum atomic E-state index is 11.8. The molecule has 0 fully saturated rings. The predicted molar refractivity (Wildman–Crippen MR) is 50.8 cm³/mol. The molecule has 2 heterocycles. The standard InChI is InChI=1S/C10H12N2O2/c1-12-5-9(11-7-12)10(13)8-3-2-4-14-6-8/h5-7H,2-4H2,1H3. The first-order chi connectivity index (χ1) is 6.77. The van der Waals surface area contributed by atoms with Gasteiger partial charge < -0.3 is 9.30 Å². The maximum absolute atomic E-state index is 11.8. The van der Waals surface area contributed by atoms with Crippen molar-refractivity contribution in [1.82, 2.24) is 9.55 Å². The highest BCUT2D eigenvalue weighted by Gasteiger charge is 2.16. The number of rotatable bonds is 2. The normalized spacial score (nSPS) is 15.9. The molecular formula is C10H12N2O2. The smallest absolute Gasteiger partial charge is 0.211 e. The summed E-state index contributed by atoms with van der Waals surface area (Å²) in [4.78, 5) is 15.8. The van der Waals surface area contributed by atoms with E-state index >= 15 is 0 Å². The Bertz CT molecular complexity index is 379. The number of allylic oxidation sites excluding steroid dienone is 1. The van der Waals surface area contributed by atoms with Crippen LogP contribution in [0.5, 0.6) is 0 Å². The summed E-state index contributed by atoms with van der Waals surface area (Å²) in [6.07, 6.45) is 6.59. The van der Waals surface area contributed by atoms with E-state index in [1.54, 1.807) is 23.4 Å². The number of aromatic nitrogens is 2. The van der Waals surface area contributed by atoms with Crippen LogP contribution in [0.15, 0.2) is 24.4 Å². The zero-order valence-corrected chi connectivity index (χ0v) is 8.06. The molecular weight excluding hydrogens is 180 g/mol. The van der Waals surface area contributed by atoms with Gasteiger partial charge in [-0.05, 0) is 12.8 Å². The third-order valence-corrected chi connectivity index (χ3v) is 2.16. The van der Waals surface area contributed by atoms with Gasteiger partial charge >= 0.3 is 0 Å². The summed E-state index contributed by atoms with van der Waals surface area (Å²) in [5, 5.41) is 0. The zero-order valence-electron chi connectivity index (χ0n) is 8.06. The van der Waals surface area contributed by atoms with Crippen LogP contribution in [0.2, 0.25) is 0 Å². The number of Topliss-reactive ketones (excluding diaryl/α,β-unsaturated/α-hetero) is 1. The molecule has 0 saturated carbocycles. The Morgan fingerprint density at radius 2 is 2.50 bits per heavy atom.